The number of piperidine rings is 1. The molecule has 1 aliphatic heterocycles. The zero-order valence-electron chi connectivity index (χ0n) is 13.7. The number of amides is 1. The molecule has 0 radical (unpaired) electrons. The Kier molecular flexibility index (Phi) is 5.03. The monoisotopic (exact) mass is 328 g/mol. The standard InChI is InChI=1S/C18H21FN4O/c1-13-6-8-23(9-7-13)17-12-20-16(11-21-17)18(24)22-10-14-2-4-15(19)5-3-14/h2-5,11-13H,6-10H2,1H3,(H,22,24). The summed E-state index contributed by atoms with van der Waals surface area (Å²) in [5.41, 5.74) is 1.11. The van der Waals surface area contributed by atoms with Crippen LogP contribution in [0.4, 0.5) is 10.2 Å². The van der Waals surface area contributed by atoms with Gasteiger partial charge >= 0.3 is 0 Å². The molecule has 1 amide bonds. The van der Waals surface area contributed by atoms with Gasteiger partial charge in [-0.2, -0.15) is 0 Å². The van der Waals surface area contributed by atoms with E-state index >= 15 is 0 Å². The molecule has 0 spiro atoms. The van der Waals surface area contributed by atoms with Gasteiger partial charge in [0.2, 0.25) is 0 Å². The van der Waals surface area contributed by atoms with Crippen LogP contribution in [0.1, 0.15) is 35.8 Å². The molecule has 2 aromatic rings. The minimum Gasteiger partial charge on any atom is -0.355 e. The number of halogens is 1. The molecule has 6 heteroatoms. The Bertz CT molecular complexity index is 679. The smallest absolute Gasteiger partial charge is 0.271 e. The van der Waals surface area contributed by atoms with E-state index in [0.717, 1.165) is 43.2 Å². The van der Waals surface area contributed by atoms with E-state index in [1.807, 2.05) is 0 Å². The van der Waals surface area contributed by atoms with Gasteiger partial charge in [-0.3, -0.25) is 4.79 Å². The van der Waals surface area contributed by atoms with Crippen LogP contribution in [0, 0.1) is 11.7 Å². The van der Waals surface area contributed by atoms with Crippen LogP contribution >= 0.6 is 0 Å². The summed E-state index contributed by atoms with van der Waals surface area (Å²) < 4.78 is 12.9. The molecule has 1 N–H and O–H groups in total. The van der Waals surface area contributed by atoms with Crippen LogP contribution < -0.4 is 10.2 Å². The zero-order chi connectivity index (χ0) is 16.9. The van der Waals surface area contributed by atoms with Crippen LogP contribution in [0.3, 0.4) is 0 Å². The van der Waals surface area contributed by atoms with E-state index in [4.69, 9.17) is 0 Å². The maximum atomic E-state index is 12.9. The van der Waals surface area contributed by atoms with Crippen LogP contribution in [0.2, 0.25) is 0 Å². The zero-order valence-corrected chi connectivity index (χ0v) is 13.7. The van der Waals surface area contributed by atoms with Crippen LogP contribution in [-0.4, -0.2) is 29.0 Å². The van der Waals surface area contributed by atoms with Crippen molar-refractivity contribution in [2.75, 3.05) is 18.0 Å². The molecule has 1 aliphatic rings. The molecule has 1 aromatic heterocycles. The molecular formula is C18H21FN4O. The lowest BCUT2D eigenvalue weighted by atomic mass is 9.99. The number of carbonyl (C=O) groups is 1. The Hall–Kier alpha value is -2.50. The minimum atomic E-state index is -0.293. The van der Waals surface area contributed by atoms with E-state index in [1.165, 1.54) is 18.3 Å². The molecule has 126 valence electrons. The van der Waals surface area contributed by atoms with Gasteiger partial charge in [0.15, 0.2) is 0 Å². The van der Waals surface area contributed by atoms with Crippen LogP contribution in [-0.2, 0) is 6.54 Å². The van der Waals surface area contributed by atoms with Crippen LogP contribution in [0.5, 0.6) is 0 Å². The van der Waals surface area contributed by atoms with Crippen molar-refractivity contribution in [3.63, 3.8) is 0 Å². The summed E-state index contributed by atoms with van der Waals surface area (Å²) in [4.78, 5) is 22.9. The maximum Gasteiger partial charge on any atom is 0.271 e. The average Bonchev–Trinajstić information content (AvgIpc) is 2.62. The number of nitrogens with zero attached hydrogens (tertiary/aromatic N) is 3. The first-order valence-corrected chi connectivity index (χ1v) is 8.21. The van der Waals surface area contributed by atoms with Gasteiger partial charge in [-0.1, -0.05) is 19.1 Å². The van der Waals surface area contributed by atoms with Gasteiger partial charge in [-0.15, -0.1) is 0 Å². The first kappa shape index (κ1) is 16.4. The molecule has 1 aromatic carbocycles. The van der Waals surface area contributed by atoms with Crippen molar-refractivity contribution in [3.8, 4) is 0 Å². The summed E-state index contributed by atoms with van der Waals surface area (Å²) in [5, 5.41) is 2.76. The fourth-order valence-electron chi connectivity index (χ4n) is 2.71. The van der Waals surface area contributed by atoms with Gasteiger partial charge in [-0.05, 0) is 36.5 Å². The molecule has 2 heterocycles. The number of hydrogen-bond donors (Lipinski definition) is 1. The highest BCUT2D eigenvalue weighted by atomic mass is 19.1. The molecular weight excluding hydrogens is 307 g/mol. The van der Waals surface area contributed by atoms with Gasteiger partial charge < -0.3 is 10.2 Å². The summed E-state index contributed by atoms with van der Waals surface area (Å²) in [5.74, 6) is 0.993. The Morgan fingerprint density at radius 3 is 2.54 bits per heavy atom. The highest BCUT2D eigenvalue weighted by molar-refractivity contribution is 5.91. The fourth-order valence-corrected chi connectivity index (χ4v) is 2.71. The Labute approximate surface area is 140 Å². The first-order valence-electron chi connectivity index (χ1n) is 8.21. The summed E-state index contributed by atoms with van der Waals surface area (Å²) in [7, 11) is 0. The minimum absolute atomic E-state index is 0.284. The number of nitrogens with one attached hydrogen (secondary N) is 1. The van der Waals surface area contributed by atoms with Crippen LogP contribution in [0.25, 0.3) is 0 Å². The van der Waals surface area contributed by atoms with E-state index in [9.17, 15) is 9.18 Å². The Morgan fingerprint density at radius 1 is 1.21 bits per heavy atom. The Morgan fingerprint density at radius 2 is 1.92 bits per heavy atom. The van der Waals surface area contributed by atoms with E-state index in [-0.39, 0.29) is 17.4 Å². The largest absolute Gasteiger partial charge is 0.355 e. The van der Waals surface area contributed by atoms with Gasteiger partial charge in [0.05, 0.1) is 12.4 Å². The number of aromatic nitrogens is 2. The lowest BCUT2D eigenvalue weighted by Gasteiger charge is -2.30. The molecule has 1 saturated heterocycles. The predicted molar refractivity (Wildman–Crippen MR) is 90.2 cm³/mol. The predicted octanol–water partition coefficient (Wildman–Crippen LogP) is 2.78. The molecule has 0 bridgehead atoms. The average molecular weight is 328 g/mol. The van der Waals surface area contributed by atoms with Gasteiger partial charge in [0.25, 0.3) is 5.91 Å². The summed E-state index contributed by atoms with van der Waals surface area (Å²) in [6, 6.07) is 6.02. The van der Waals surface area contributed by atoms with E-state index < -0.39 is 0 Å². The van der Waals surface area contributed by atoms with Gasteiger partial charge in [-0.25, -0.2) is 14.4 Å². The van der Waals surface area contributed by atoms with Crippen molar-refractivity contribution in [2.24, 2.45) is 5.92 Å². The molecule has 24 heavy (non-hydrogen) atoms. The van der Waals surface area contributed by atoms with Crippen molar-refractivity contribution in [1.29, 1.82) is 0 Å². The van der Waals surface area contributed by atoms with Crippen molar-refractivity contribution < 1.29 is 9.18 Å². The number of hydrogen-bond acceptors (Lipinski definition) is 4. The normalized spacial score (nSPS) is 15.3. The van der Waals surface area contributed by atoms with E-state index in [1.54, 1.807) is 18.3 Å². The third kappa shape index (κ3) is 4.07. The summed E-state index contributed by atoms with van der Waals surface area (Å²) >= 11 is 0. The number of benzene rings is 1. The molecule has 0 unspecified atom stereocenters. The van der Waals surface area contributed by atoms with Crippen molar-refractivity contribution in [2.45, 2.75) is 26.3 Å². The van der Waals surface area contributed by atoms with Gasteiger partial charge in [0, 0.05) is 19.6 Å². The molecule has 0 saturated carbocycles. The van der Waals surface area contributed by atoms with E-state index in [2.05, 4.69) is 27.1 Å². The lowest BCUT2D eigenvalue weighted by Crippen LogP contribution is -2.33. The second-order valence-corrected chi connectivity index (χ2v) is 6.24. The lowest BCUT2D eigenvalue weighted by molar-refractivity contribution is 0.0945. The molecule has 1 fully saturated rings. The van der Waals surface area contributed by atoms with E-state index in [0.29, 0.717) is 6.54 Å². The second-order valence-electron chi connectivity index (χ2n) is 6.24. The van der Waals surface area contributed by atoms with Crippen molar-refractivity contribution in [3.05, 3.63) is 53.7 Å². The van der Waals surface area contributed by atoms with Crippen molar-refractivity contribution >= 4 is 11.7 Å². The van der Waals surface area contributed by atoms with Gasteiger partial charge in [0.1, 0.15) is 17.3 Å². The first-order chi connectivity index (χ1) is 11.6. The highest BCUT2D eigenvalue weighted by Gasteiger charge is 2.17. The molecule has 0 atom stereocenters. The molecule has 3 rings (SSSR count). The highest BCUT2D eigenvalue weighted by Crippen LogP contribution is 2.20. The number of anilines is 1. The summed E-state index contributed by atoms with van der Waals surface area (Å²) in [6.07, 6.45) is 5.47. The van der Waals surface area contributed by atoms with Crippen LogP contribution in [0.15, 0.2) is 36.7 Å². The third-order valence-electron chi connectivity index (χ3n) is 4.34. The fraction of sp³-hybridized carbons (Fsp3) is 0.389. The number of rotatable bonds is 4. The SMILES string of the molecule is CC1CCN(c2cnc(C(=O)NCc3ccc(F)cc3)cn2)CC1. The molecule has 0 aliphatic carbocycles. The summed E-state index contributed by atoms with van der Waals surface area (Å²) in [6.45, 7) is 4.54. The van der Waals surface area contributed by atoms with Crippen molar-refractivity contribution in [1.82, 2.24) is 15.3 Å². The Balaban J connectivity index is 1.56. The number of carbonyl (C=O) groups excluding carboxylic acids is 1. The topological polar surface area (TPSA) is 58.1 Å². The second kappa shape index (κ2) is 7.38. The molecule has 5 nitrogen and oxygen atoms in total. The maximum absolute atomic E-state index is 12.9. The third-order valence-corrected chi connectivity index (χ3v) is 4.34. The quantitative estimate of drug-likeness (QED) is 0.937.